The van der Waals surface area contributed by atoms with E-state index >= 15 is 0 Å². The Hall–Kier alpha value is -3.06. The van der Waals surface area contributed by atoms with Gasteiger partial charge in [-0.15, -0.1) is 0 Å². The summed E-state index contributed by atoms with van der Waals surface area (Å²) in [5, 5.41) is 2.81. The number of anilines is 1. The maximum atomic E-state index is 14.2. The Labute approximate surface area is 151 Å². The van der Waals surface area contributed by atoms with Crippen LogP contribution in [0.15, 0.2) is 54.7 Å². The summed E-state index contributed by atoms with van der Waals surface area (Å²) in [6.07, 6.45) is 1.36. The zero-order valence-electron chi connectivity index (χ0n) is 13.0. The number of nitrogens with one attached hydrogen (secondary N) is 1. The number of ether oxygens (including phenoxy) is 1. The summed E-state index contributed by atoms with van der Waals surface area (Å²) in [5.41, 5.74) is 0.428. The molecule has 0 atom stereocenters. The number of carbonyl (C=O) groups is 1. The van der Waals surface area contributed by atoms with Crippen molar-refractivity contribution in [3.63, 3.8) is 0 Å². The van der Waals surface area contributed by atoms with Gasteiger partial charge in [-0.1, -0.05) is 11.6 Å². The van der Waals surface area contributed by atoms with Gasteiger partial charge in [0.15, 0.2) is 23.2 Å². The summed E-state index contributed by atoms with van der Waals surface area (Å²) in [5.74, 6) is -3.87. The van der Waals surface area contributed by atoms with Crippen LogP contribution in [0, 0.1) is 17.5 Å². The molecule has 4 nitrogen and oxygen atoms in total. The van der Waals surface area contributed by atoms with Gasteiger partial charge < -0.3 is 10.1 Å². The second kappa shape index (κ2) is 7.45. The van der Waals surface area contributed by atoms with Crippen LogP contribution < -0.4 is 10.1 Å². The second-order valence-electron chi connectivity index (χ2n) is 5.15. The Morgan fingerprint density at radius 1 is 0.962 bits per heavy atom. The van der Waals surface area contributed by atoms with Gasteiger partial charge in [-0.25, -0.2) is 18.2 Å². The Morgan fingerprint density at radius 2 is 1.77 bits per heavy atom. The molecule has 0 bridgehead atoms. The first kappa shape index (κ1) is 17.8. The average molecular weight is 379 g/mol. The van der Waals surface area contributed by atoms with Crippen LogP contribution in [0.25, 0.3) is 0 Å². The lowest BCUT2D eigenvalue weighted by Crippen LogP contribution is -2.12. The van der Waals surface area contributed by atoms with Gasteiger partial charge in [0.1, 0.15) is 10.9 Å². The monoisotopic (exact) mass is 378 g/mol. The van der Waals surface area contributed by atoms with Crippen molar-refractivity contribution in [1.82, 2.24) is 4.98 Å². The Balaban J connectivity index is 1.75. The number of rotatable bonds is 4. The van der Waals surface area contributed by atoms with Gasteiger partial charge in [-0.3, -0.25) is 4.79 Å². The molecule has 3 aromatic rings. The quantitative estimate of drug-likeness (QED) is 0.635. The highest BCUT2D eigenvalue weighted by molar-refractivity contribution is 6.29. The summed E-state index contributed by atoms with van der Waals surface area (Å²) in [7, 11) is 0. The summed E-state index contributed by atoms with van der Waals surface area (Å²) in [6, 6.07) is 9.37. The van der Waals surface area contributed by atoms with Crippen molar-refractivity contribution in [2.24, 2.45) is 0 Å². The minimum absolute atomic E-state index is 0.0371. The minimum Gasteiger partial charge on any atom is -0.454 e. The number of carbonyl (C=O) groups excluding carboxylic acids is 1. The molecule has 3 rings (SSSR count). The van der Waals surface area contributed by atoms with Crippen LogP contribution in [-0.2, 0) is 0 Å². The second-order valence-corrected chi connectivity index (χ2v) is 5.53. The van der Waals surface area contributed by atoms with E-state index in [2.05, 4.69) is 10.3 Å². The van der Waals surface area contributed by atoms with Gasteiger partial charge in [0.2, 0.25) is 0 Å². The molecule has 0 saturated heterocycles. The van der Waals surface area contributed by atoms with Crippen LogP contribution in [0.1, 0.15) is 10.4 Å². The maximum absolute atomic E-state index is 14.2. The first-order valence-electron chi connectivity index (χ1n) is 7.28. The molecule has 0 aliphatic heterocycles. The molecule has 1 N–H and O–H groups in total. The Bertz CT molecular complexity index is 965. The molecule has 8 heteroatoms. The largest absolute Gasteiger partial charge is 0.454 e. The van der Waals surface area contributed by atoms with E-state index in [-0.39, 0.29) is 22.2 Å². The molecule has 1 heterocycles. The van der Waals surface area contributed by atoms with Crippen LogP contribution in [0.3, 0.4) is 0 Å². The molecule has 2 aromatic carbocycles. The predicted octanol–water partition coefficient (Wildman–Crippen LogP) is 5.20. The third kappa shape index (κ3) is 4.12. The summed E-state index contributed by atoms with van der Waals surface area (Å²) >= 11 is 5.66. The van der Waals surface area contributed by atoms with Crippen LogP contribution in [0.4, 0.5) is 18.9 Å². The summed E-state index contributed by atoms with van der Waals surface area (Å²) in [4.78, 5) is 15.9. The number of benzene rings is 2. The van der Waals surface area contributed by atoms with Crippen LogP contribution >= 0.6 is 11.6 Å². The first-order chi connectivity index (χ1) is 12.4. The fourth-order valence-corrected chi connectivity index (χ4v) is 2.16. The van der Waals surface area contributed by atoms with Crippen molar-refractivity contribution in [3.8, 4) is 11.5 Å². The third-order valence-corrected chi connectivity index (χ3v) is 3.52. The molecule has 0 fully saturated rings. The first-order valence-corrected chi connectivity index (χ1v) is 7.65. The molecular weight excluding hydrogens is 369 g/mol. The Morgan fingerprint density at radius 3 is 2.42 bits per heavy atom. The highest BCUT2D eigenvalue weighted by atomic mass is 35.5. The summed E-state index contributed by atoms with van der Waals surface area (Å²) in [6.45, 7) is 0. The van der Waals surface area contributed by atoms with Gasteiger partial charge >= 0.3 is 0 Å². The van der Waals surface area contributed by atoms with Gasteiger partial charge in [0, 0.05) is 11.6 Å². The number of hydrogen-bond acceptors (Lipinski definition) is 3. The normalized spacial score (nSPS) is 10.5. The van der Waals surface area contributed by atoms with E-state index < -0.39 is 23.4 Å². The SMILES string of the molecule is O=C(Nc1ccc(Cl)nc1)c1ccc(Oc2ccc(F)c(F)c2)c(F)c1. The summed E-state index contributed by atoms with van der Waals surface area (Å²) < 4.78 is 45.4. The molecule has 0 saturated carbocycles. The fraction of sp³-hybridized carbons (Fsp3) is 0. The van der Waals surface area contributed by atoms with Gasteiger partial charge in [0.25, 0.3) is 5.91 Å². The molecule has 0 spiro atoms. The highest BCUT2D eigenvalue weighted by Crippen LogP contribution is 2.26. The van der Waals surface area contributed by atoms with Crippen molar-refractivity contribution < 1.29 is 22.7 Å². The zero-order chi connectivity index (χ0) is 18.7. The molecule has 1 amide bonds. The van der Waals surface area contributed by atoms with Gasteiger partial charge in [-0.05, 0) is 42.5 Å². The lowest BCUT2D eigenvalue weighted by molar-refractivity contribution is 0.102. The van der Waals surface area contributed by atoms with E-state index in [1.54, 1.807) is 6.07 Å². The molecule has 0 unspecified atom stereocenters. The molecule has 0 aliphatic rings. The number of aromatic nitrogens is 1. The number of pyridine rings is 1. The smallest absolute Gasteiger partial charge is 0.255 e. The highest BCUT2D eigenvalue weighted by Gasteiger charge is 2.13. The van der Waals surface area contributed by atoms with Crippen molar-refractivity contribution in [3.05, 3.63) is 82.9 Å². The minimum atomic E-state index is -1.12. The fourth-order valence-electron chi connectivity index (χ4n) is 2.05. The van der Waals surface area contributed by atoms with Gasteiger partial charge in [-0.2, -0.15) is 0 Å². The molecule has 0 aliphatic carbocycles. The topological polar surface area (TPSA) is 51.2 Å². The van der Waals surface area contributed by atoms with E-state index in [1.165, 1.54) is 24.4 Å². The lowest BCUT2D eigenvalue weighted by atomic mass is 10.2. The van der Waals surface area contributed by atoms with E-state index in [0.717, 1.165) is 24.3 Å². The molecular formula is C18H10ClF3N2O2. The van der Waals surface area contributed by atoms with Crippen molar-refractivity contribution in [2.75, 3.05) is 5.32 Å². The Kier molecular flexibility index (Phi) is 5.09. The van der Waals surface area contributed by atoms with Crippen molar-refractivity contribution in [1.29, 1.82) is 0 Å². The zero-order valence-corrected chi connectivity index (χ0v) is 13.7. The van der Waals surface area contributed by atoms with Gasteiger partial charge in [0.05, 0.1) is 11.9 Å². The molecule has 0 radical (unpaired) electrons. The number of halogens is 4. The molecule has 132 valence electrons. The van der Waals surface area contributed by atoms with Crippen LogP contribution in [-0.4, -0.2) is 10.9 Å². The number of amides is 1. The standard InChI is InChI=1S/C18H10ClF3N2O2/c19-17-6-2-11(9-23-17)24-18(25)10-1-5-16(15(22)7-10)26-12-3-4-13(20)14(21)8-12/h1-9H,(H,24,25). The van der Waals surface area contributed by atoms with Crippen molar-refractivity contribution in [2.45, 2.75) is 0 Å². The van der Waals surface area contributed by atoms with E-state index in [9.17, 15) is 18.0 Å². The van der Waals surface area contributed by atoms with Crippen LogP contribution in [0.5, 0.6) is 11.5 Å². The van der Waals surface area contributed by atoms with E-state index in [0.29, 0.717) is 5.69 Å². The lowest BCUT2D eigenvalue weighted by Gasteiger charge is -2.09. The van der Waals surface area contributed by atoms with E-state index in [1.807, 2.05) is 0 Å². The third-order valence-electron chi connectivity index (χ3n) is 3.30. The average Bonchev–Trinajstić information content (AvgIpc) is 2.62. The number of nitrogens with zero attached hydrogens (tertiary/aromatic N) is 1. The van der Waals surface area contributed by atoms with Crippen molar-refractivity contribution >= 4 is 23.2 Å². The number of hydrogen-bond donors (Lipinski definition) is 1. The maximum Gasteiger partial charge on any atom is 0.255 e. The molecule has 26 heavy (non-hydrogen) atoms. The molecule has 1 aromatic heterocycles. The predicted molar refractivity (Wildman–Crippen MR) is 90.0 cm³/mol. The van der Waals surface area contributed by atoms with E-state index in [4.69, 9.17) is 16.3 Å². The van der Waals surface area contributed by atoms with Crippen LogP contribution in [0.2, 0.25) is 5.15 Å².